The number of aromatic nitrogens is 12. The van der Waals surface area contributed by atoms with Gasteiger partial charge in [0.2, 0.25) is 11.8 Å². The Kier molecular flexibility index (Phi) is 15.3. The van der Waals surface area contributed by atoms with Crippen LogP contribution in [0, 0.1) is 54.8 Å². The molecule has 2 aliphatic carbocycles. The zero-order valence-electron chi connectivity index (χ0n) is 52.1. The fraction of sp³-hybridized carbons (Fsp3) is 0.354. The molecular weight excluding hydrogens is 1170 g/mol. The Morgan fingerprint density at radius 3 is 1.24 bits per heavy atom. The Morgan fingerprint density at radius 2 is 0.815 bits per heavy atom. The molecule has 3 aromatic carbocycles. The van der Waals surface area contributed by atoms with Crippen LogP contribution >= 0.6 is 0 Å². The van der Waals surface area contributed by atoms with Gasteiger partial charge in [0.1, 0.15) is 106 Å². The van der Waals surface area contributed by atoms with Gasteiger partial charge in [0, 0.05) is 50.7 Å². The molecule has 0 amide bonds. The van der Waals surface area contributed by atoms with Gasteiger partial charge in [-0.25, -0.2) is 29.9 Å². The third-order valence-electron chi connectivity index (χ3n) is 17.0. The summed E-state index contributed by atoms with van der Waals surface area (Å²) in [6.07, 6.45) is 5.88. The lowest BCUT2D eigenvalue weighted by molar-refractivity contribution is -0.0882. The molecule has 9 aromatic rings. The third kappa shape index (κ3) is 11.0. The van der Waals surface area contributed by atoms with Gasteiger partial charge < -0.3 is 55.1 Å². The van der Waals surface area contributed by atoms with Crippen molar-refractivity contribution in [3.8, 4) is 98.6 Å². The molecule has 0 radical (unpaired) electrons. The Hall–Kier alpha value is -11.2. The Bertz CT molecular complexity index is 4480. The molecular formula is C65H65N19O8. The van der Waals surface area contributed by atoms with Crippen LogP contribution in [0.3, 0.4) is 0 Å². The van der Waals surface area contributed by atoms with Crippen LogP contribution in [0.2, 0.25) is 0 Å². The van der Waals surface area contributed by atoms with Crippen molar-refractivity contribution in [2.75, 3.05) is 24.2 Å². The smallest absolute Gasteiger partial charge is 0.258 e. The summed E-state index contributed by atoms with van der Waals surface area (Å²) >= 11 is 0. The second-order valence-corrected chi connectivity index (χ2v) is 23.5. The van der Waals surface area contributed by atoms with E-state index in [-0.39, 0.29) is 90.1 Å². The van der Waals surface area contributed by atoms with Gasteiger partial charge in [-0.1, -0.05) is 34.9 Å². The van der Waals surface area contributed by atoms with Gasteiger partial charge in [-0.2, -0.15) is 20.9 Å². The monoisotopic (exact) mass is 1240 g/mol. The SMILES string of the molecule is Cc1ccc2c(c1)[C@@H](C)Oc1nc(cnc1N)-c1c(nn(C)c1C#N)C1CC(O2)N1C.Cc1ccc2c(c1)[C@@H](C)Oc1nc(cnc1N)-c1c(nn(C)c1C#N)OC1CC1O2.Cc1ccc2c(c1)[C@@H](C)Oc1nc(cnc1N)-c1c(nn(C)c1C#N)OC1CCC1O2. The summed E-state index contributed by atoms with van der Waals surface area (Å²) in [5, 5.41) is 42.6. The standard InChI is InChI=1S/C22H23N7O2.C22H22N6O3.C21H20N6O3/c1-11-5-6-17-13(7-11)12(2)30-22-21(24)25-10-14(26-22)19-16(9-23)29(4)27-20(19)15-8-18(31-17)28(15)3;1-11-4-5-16-13(8-11)12(2)29-22-20(24)25-10-14(26-22)19-15(9-23)28(3)27-21(19)31-18-7-6-17(18)30-16;1-10-4-5-15-12(6-10)11(2)28-21-19(23)24-9-13(25-21)18-14(8-22)27(3)26-20(18)30-17-7-16(17)29-15/h5-7,10,12,15,18H,8H2,1-4H3,(H2,24,25);4-5,8,10,12,17-18H,6-7H2,1-3H3,(H2,24,25);4-6,9,11,16-17H,7H2,1-3H3,(H2,23,24)/t12-,15?,18?;12-,17?,18?;11-,16?,17?/m111/s1. The van der Waals surface area contributed by atoms with Crippen LogP contribution in [-0.2, 0) is 21.1 Å². The Morgan fingerprint density at radius 1 is 0.446 bits per heavy atom. The van der Waals surface area contributed by atoms with E-state index in [0.29, 0.717) is 62.6 Å². The van der Waals surface area contributed by atoms with Gasteiger partial charge in [-0.3, -0.25) is 18.9 Å². The number of fused-ring (bicyclic) bond motifs is 13. The first-order chi connectivity index (χ1) is 44.2. The molecule has 27 heteroatoms. The minimum Gasteiger partial charge on any atom is -0.486 e. The van der Waals surface area contributed by atoms with Crippen molar-refractivity contribution in [1.29, 1.82) is 15.8 Å². The average Bonchev–Trinajstić information content (AvgIpc) is 1.58. The predicted molar refractivity (Wildman–Crippen MR) is 332 cm³/mol. The zero-order valence-corrected chi connectivity index (χ0v) is 52.1. The molecule has 3 fully saturated rings. The van der Waals surface area contributed by atoms with Crippen LogP contribution in [0.1, 0.15) is 127 Å². The van der Waals surface area contributed by atoms with Gasteiger partial charge in [-0.15, -0.1) is 10.2 Å². The highest BCUT2D eigenvalue weighted by Crippen LogP contribution is 2.47. The van der Waals surface area contributed by atoms with Crippen molar-refractivity contribution in [2.45, 2.75) is 122 Å². The van der Waals surface area contributed by atoms with Crippen molar-refractivity contribution in [1.82, 2.24) is 64.1 Å². The van der Waals surface area contributed by atoms with Crippen LogP contribution in [0.5, 0.6) is 46.6 Å². The normalized spacial score (nSPS) is 21.8. The summed E-state index contributed by atoms with van der Waals surface area (Å²) in [5.41, 5.74) is 28.9. The van der Waals surface area contributed by atoms with E-state index in [1.807, 2.05) is 103 Å². The second-order valence-electron chi connectivity index (χ2n) is 23.5. The molecule has 11 heterocycles. The average molecular weight is 1240 g/mol. The van der Waals surface area contributed by atoms with Crippen molar-refractivity contribution < 1.29 is 37.9 Å². The van der Waals surface area contributed by atoms with Gasteiger partial charge in [0.25, 0.3) is 17.6 Å². The largest absolute Gasteiger partial charge is 0.486 e. The first-order valence-electron chi connectivity index (χ1n) is 29.9. The van der Waals surface area contributed by atoms with Gasteiger partial charge in [0.05, 0.1) is 41.6 Å². The van der Waals surface area contributed by atoms with Crippen molar-refractivity contribution in [2.24, 2.45) is 21.1 Å². The van der Waals surface area contributed by atoms with Gasteiger partial charge in [-0.05, 0) is 97.8 Å². The highest BCUT2D eigenvalue weighted by Gasteiger charge is 2.46. The Labute approximate surface area is 528 Å². The second kappa shape index (κ2) is 23.6. The molecule has 5 aliphatic heterocycles. The maximum absolute atomic E-state index is 9.78. The molecule has 6 unspecified atom stereocenters. The van der Waals surface area contributed by atoms with Crippen LogP contribution in [0.15, 0.2) is 73.2 Å². The number of rotatable bonds is 0. The topological polar surface area (TPSA) is 357 Å². The number of hydrogen-bond donors (Lipinski definition) is 3. The molecule has 468 valence electrons. The summed E-state index contributed by atoms with van der Waals surface area (Å²) in [6.45, 7) is 11.8. The van der Waals surface area contributed by atoms with E-state index in [1.54, 1.807) is 32.0 Å². The number of nitrogens with zero attached hydrogens (tertiary/aromatic N) is 16. The highest BCUT2D eigenvalue weighted by atomic mass is 16.6. The van der Waals surface area contributed by atoms with Crippen LogP contribution in [0.25, 0.3) is 33.8 Å². The molecule has 92 heavy (non-hydrogen) atoms. The third-order valence-corrected chi connectivity index (χ3v) is 17.0. The fourth-order valence-electron chi connectivity index (χ4n) is 11.7. The lowest BCUT2D eigenvalue weighted by Gasteiger charge is -2.45. The fourth-order valence-corrected chi connectivity index (χ4v) is 11.7. The summed E-state index contributed by atoms with van der Waals surface area (Å²) in [7, 11) is 7.12. The molecule has 9 atom stereocenters. The number of nitrogens with two attached hydrogens (primary N) is 3. The van der Waals surface area contributed by atoms with Crippen molar-refractivity contribution in [3.63, 3.8) is 0 Å². The van der Waals surface area contributed by atoms with E-state index in [0.717, 1.165) is 82.0 Å². The quantitative estimate of drug-likeness (QED) is 0.128. The number of nitriles is 3. The van der Waals surface area contributed by atoms with Crippen LogP contribution in [0.4, 0.5) is 17.5 Å². The number of nitrogen functional groups attached to an aromatic ring is 3. The molecule has 7 aliphatic rings. The lowest BCUT2D eigenvalue weighted by atomic mass is 9.91. The minimum absolute atomic E-state index is 0.0101. The molecule has 0 spiro atoms. The molecule has 2 saturated carbocycles. The molecule has 1 saturated heterocycles. The van der Waals surface area contributed by atoms with E-state index in [4.69, 9.17) is 55.1 Å². The molecule has 16 rings (SSSR count). The van der Waals surface area contributed by atoms with E-state index in [2.05, 4.69) is 68.3 Å². The van der Waals surface area contributed by atoms with Crippen molar-refractivity contribution >= 4 is 17.5 Å². The Balaban J connectivity index is 0.000000126. The highest BCUT2D eigenvalue weighted by molar-refractivity contribution is 5.74. The van der Waals surface area contributed by atoms with E-state index < -0.39 is 0 Å². The number of anilines is 3. The summed E-state index contributed by atoms with van der Waals surface area (Å²) in [5.74, 6) is 3.92. The number of benzene rings is 3. The number of ether oxygens (including phenoxy) is 8. The lowest BCUT2D eigenvalue weighted by Crippen LogP contribution is -2.51. The minimum atomic E-state index is -0.384. The summed E-state index contributed by atoms with van der Waals surface area (Å²) in [4.78, 5) is 28.7. The molecule has 27 nitrogen and oxygen atoms in total. The molecule has 8 bridgehead atoms. The van der Waals surface area contributed by atoms with Crippen LogP contribution < -0.4 is 55.1 Å². The van der Waals surface area contributed by atoms with E-state index >= 15 is 0 Å². The number of aryl methyl sites for hydroxylation is 6. The summed E-state index contributed by atoms with van der Waals surface area (Å²) < 4.78 is 54.1. The predicted octanol–water partition coefficient (Wildman–Crippen LogP) is 8.65. The summed E-state index contributed by atoms with van der Waals surface area (Å²) in [6, 6.07) is 24.5. The number of hydrogen-bond acceptors (Lipinski definition) is 24. The zero-order chi connectivity index (χ0) is 64.5. The van der Waals surface area contributed by atoms with Crippen molar-refractivity contribution in [3.05, 3.63) is 129 Å². The van der Waals surface area contributed by atoms with Crippen LogP contribution in [-0.4, -0.2) is 102 Å². The maximum atomic E-state index is 9.78. The first-order valence-corrected chi connectivity index (χ1v) is 29.9. The van der Waals surface area contributed by atoms with Gasteiger partial charge in [0.15, 0.2) is 35.1 Å². The molecule has 6 N–H and O–H groups in total. The molecule has 6 aromatic heterocycles. The van der Waals surface area contributed by atoms with E-state index in [9.17, 15) is 15.8 Å². The first kappa shape index (κ1) is 59.7. The maximum Gasteiger partial charge on any atom is 0.258 e. The van der Waals surface area contributed by atoms with E-state index in [1.165, 1.54) is 21.8 Å². The van der Waals surface area contributed by atoms with Gasteiger partial charge >= 0.3 is 0 Å².